The highest BCUT2D eigenvalue weighted by molar-refractivity contribution is 6.31. The van der Waals surface area contributed by atoms with Crippen LogP contribution in [0.1, 0.15) is 25.8 Å². The Bertz CT molecular complexity index is 318. The monoisotopic (exact) mass is 210 g/mol. The summed E-state index contributed by atoms with van der Waals surface area (Å²) in [4.78, 5) is 11.5. The average Bonchev–Trinajstić information content (AvgIpc) is 2.07. The standard InChI is InChI=1S/C12H15ClO/c1-9(2)7-11(14)8-10-5-3-4-6-12(10)13/h3-6,9H,7-8H2,1-2H3. The Balaban J connectivity index is 2.61. The van der Waals surface area contributed by atoms with Crippen LogP contribution in [0.4, 0.5) is 0 Å². The molecule has 1 aromatic carbocycles. The molecule has 0 amide bonds. The lowest BCUT2D eigenvalue weighted by Gasteiger charge is -2.05. The Morgan fingerprint density at radius 1 is 1.36 bits per heavy atom. The fraction of sp³-hybridized carbons (Fsp3) is 0.417. The van der Waals surface area contributed by atoms with Gasteiger partial charge in [0.05, 0.1) is 0 Å². The number of halogens is 1. The summed E-state index contributed by atoms with van der Waals surface area (Å²) in [5, 5.41) is 0.685. The first-order valence-electron chi connectivity index (χ1n) is 4.84. The molecule has 0 aliphatic heterocycles. The Hall–Kier alpha value is -0.820. The summed E-state index contributed by atoms with van der Waals surface area (Å²) >= 11 is 5.95. The molecule has 0 aromatic heterocycles. The zero-order chi connectivity index (χ0) is 10.6. The van der Waals surface area contributed by atoms with Crippen molar-refractivity contribution < 1.29 is 4.79 Å². The normalized spacial score (nSPS) is 10.6. The second-order valence-electron chi connectivity index (χ2n) is 3.90. The molecule has 0 fully saturated rings. The third-order valence-electron chi connectivity index (χ3n) is 1.98. The molecule has 0 saturated heterocycles. The van der Waals surface area contributed by atoms with Crippen LogP contribution in [0.5, 0.6) is 0 Å². The number of hydrogen-bond donors (Lipinski definition) is 0. The third kappa shape index (κ3) is 3.51. The van der Waals surface area contributed by atoms with Gasteiger partial charge in [0.15, 0.2) is 0 Å². The lowest BCUT2D eigenvalue weighted by molar-refractivity contribution is -0.119. The highest BCUT2D eigenvalue weighted by Crippen LogP contribution is 2.16. The van der Waals surface area contributed by atoms with E-state index in [0.717, 1.165) is 5.56 Å². The zero-order valence-corrected chi connectivity index (χ0v) is 9.34. The van der Waals surface area contributed by atoms with Crippen LogP contribution in [0.2, 0.25) is 5.02 Å². The van der Waals surface area contributed by atoms with Gasteiger partial charge in [-0.2, -0.15) is 0 Å². The minimum absolute atomic E-state index is 0.258. The molecule has 0 spiro atoms. The van der Waals surface area contributed by atoms with Crippen LogP contribution >= 0.6 is 11.6 Å². The summed E-state index contributed by atoms with van der Waals surface area (Å²) in [6.07, 6.45) is 1.09. The number of hydrogen-bond acceptors (Lipinski definition) is 1. The van der Waals surface area contributed by atoms with E-state index in [0.29, 0.717) is 23.8 Å². The molecule has 0 N–H and O–H groups in total. The van der Waals surface area contributed by atoms with Gasteiger partial charge in [0.2, 0.25) is 0 Å². The largest absolute Gasteiger partial charge is 0.299 e. The first kappa shape index (κ1) is 11.3. The minimum atomic E-state index is 0.258. The Morgan fingerprint density at radius 3 is 2.57 bits per heavy atom. The van der Waals surface area contributed by atoms with Crippen molar-refractivity contribution in [3.8, 4) is 0 Å². The molecule has 76 valence electrons. The first-order valence-corrected chi connectivity index (χ1v) is 5.22. The van der Waals surface area contributed by atoms with Gasteiger partial charge >= 0.3 is 0 Å². The quantitative estimate of drug-likeness (QED) is 0.744. The van der Waals surface area contributed by atoms with Crippen molar-refractivity contribution in [1.82, 2.24) is 0 Å². The van der Waals surface area contributed by atoms with Crippen molar-refractivity contribution in [2.75, 3.05) is 0 Å². The van der Waals surface area contributed by atoms with E-state index in [-0.39, 0.29) is 5.78 Å². The lowest BCUT2D eigenvalue weighted by atomic mass is 10.0. The number of carbonyl (C=O) groups is 1. The molecule has 0 aliphatic rings. The van der Waals surface area contributed by atoms with Gasteiger partial charge in [0, 0.05) is 17.9 Å². The molecular weight excluding hydrogens is 196 g/mol. The number of carbonyl (C=O) groups excluding carboxylic acids is 1. The molecule has 1 nitrogen and oxygen atoms in total. The highest BCUT2D eigenvalue weighted by atomic mass is 35.5. The van der Waals surface area contributed by atoms with Crippen molar-refractivity contribution in [1.29, 1.82) is 0 Å². The maximum absolute atomic E-state index is 11.5. The van der Waals surface area contributed by atoms with Crippen LogP contribution in [0.15, 0.2) is 24.3 Å². The molecule has 2 heteroatoms. The number of ketones is 1. The molecular formula is C12H15ClO. The summed E-state index contributed by atoms with van der Waals surface area (Å²) in [5.41, 5.74) is 0.930. The summed E-state index contributed by atoms with van der Waals surface area (Å²) in [5.74, 6) is 0.679. The molecule has 0 unspecified atom stereocenters. The molecule has 0 atom stereocenters. The topological polar surface area (TPSA) is 17.1 Å². The molecule has 0 heterocycles. The molecule has 1 rings (SSSR count). The predicted molar refractivity (Wildman–Crippen MR) is 59.6 cm³/mol. The highest BCUT2D eigenvalue weighted by Gasteiger charge is 2.08. The Kier molecular flexibility index (Phi) is 4.15. The minimum Gasteiger partial charge on any atom is -0.299 e. The summed E-state index contributed by atoms with van der Waals surface area (Å²) in [6.45, 7) is 4.09. The van der Waals surface area contributed by atoms with E-state index in [2.05, 4.69) is 0 Å². The van der Waals surface area contributed by atoms with Crippen molar-refractivity contribution in [3.63, 3.8) is 0 Å². The number of rotatable bonds is 4. The smallest absolute Gasteiger partial charge is 0.137 e. The summed E-state index contributed by atoms with van der Waals surface area (Å²) in [6, 6.07) is 7.50. The van der Waals surface area contributed by atoms with E-state index >= 15 is 0 Å². The third-order valence-corrected chi connectivity index (χ3v) is 2.35. The van der Waals surface area contributed by atoms with Gasteiger partial charge in [-0.25, -0.2) is 0 Å². The maximum atomic E-state index is 11.5. The summed E-state index contributed by atoms with van der Waals surface area (Å²) < 4.78 is 0. The average molecular weight is 211 g/mol. The SMILES string of the molecule is CC(C)CC(=O)Cc1ccccc1Cl. The van der Waals surface area contributed by atoms with Crippen molar-refractivity contribution in [3.05, 3.63) is 34.9 Å². The van der Waals surface area contributed by atoms with Gasteiger partial charge in [0.25, 0.3) is 0 Å². The van der Waals surface area contributed by atoms with Crippen LogP contribution in [0, 0.1) is 5.92 Å². The molecule has 0 aliphatic carbocycles. The van der Waals surface area contributed by atoms with Crippen LogP contribution in [0.25, 0.3) is 0 Å². The molecule has 14 heavy (non-hydrogen) atoms. The number of Topliss-reactive ketones (excluding diaryl/α,β-unsaturated/α-hetero) is 1. The van der Waals surface area contributed by atoms with E-state index in [1.54, 1.807) is 0 Å². The lowest BCUT2D eigenvalue weighted by Crippen LogP contribution is -2.06. The van der Waals surface area contributed by atoms with Gasteiger partial charge in [0.1, 0.15) is 5.78 Å². The van der Waals surface area contributed by atoms with Crippen molar-refractivity contribution in [2.24, 2.45) is 5.92 Å². The van der Waals surface area contributed by atoms with Crippen LogP contribution in [0.3, 0.4) is 0 Å². The van der Waals surface area contributed by atoms with Gasteiger partial charge in [-0.3, -0.25) is 4.79 Å². The van der Waals surface area contributed by atoms with Gasteiger partial charge in [-0.1, -0.05) is 43.6 Å². The van der Waals surface area contributed by atoms with Gasteiger partial charge < -0.3 is 0 Å². The molecule has 0 radical (unpaired) electrons. The van der Waals surface area contributed by atoms with E-state index in [9.17, 15) is 4.79 Å². The molecule has 0 saturated carbocycles. The van der Waals surface area contributed by atoms with Crippen molar-refractivity contribution in [2.45, 2.75) is 26.7 Å². The Morgan fingerprint density at radius 2 is 2.00 bits per heavy atom. The second kappa shape index (κ2) is 5.16. The maximum Gasteiger partial charge on any atom is 0.137 e. The summed E-state index contributed by atoms with van der Waals surface area (Å²) in [7, 11) is 0. The fourth-order valence-corrected chi connectivity index (χ4v) is 1.58. The zero-order valence-electron chi connectivity index (χ0n) is 8.59. The Labute approximate surface area is 90.1 Å². The predicted octanol–water partition coefficient (Wildman–Crippen LogP) is 3.50. The van der Waals surface area contributed by atoms with Gasteiger partial charge in [-0.15, -0.1) is 0 Å². The van der Waals surface area contributed by atoms with Crippen LogP contribution < -0.4 is 0 Å². The van der Waals surface area contributed by atoms with E-state index in [1.165, 1.54) is 0 Å². The van der Waals surface area contributed by atoms with Crippen molar-refractivity contribution >= 4 is 17.4 Å². The van der Waals surface area contributed by atoms with Gasteiger partial charge in [-0.05, 0) is 17.5 Å². The first-order chi connectivity index (χ1) is 6.59. The van der Waals surface area contributed by atoms with E-state index < -0.39 is 0 Å². The van der Waals surface area contributed by atoms with E-state index in [1.807, 2.05) is 38.1 Å². The van der Waals surface area contributed by atoms with E-state index in [4.69, 9.17) is 11.6 Å². The van der Waals surface area contributed by atoms with Crippen LogP contribution in [-0.4, -0.2) is 5.78 Å². The molecule has 1 aromatic rings. The van der Waals surface area contributed by atoms with Crippen LogP contribution in [-0.2, 0) is 11.2 Å². The second-order valence-corrected chi connectivity index (χ2v) is 4.31. The fourth-order valence-electron chi connectivity index (χ4n) is 1.38. The number of benzene rings is 1. The molecule has 0 bridgehead atoms.